The van der Waals surface area contributed by atoms with E-state index in [1.807, 2.05) is 13.0 Å². The molecule has 0 aliphatic carbocycles. The molecule has 0 amide bonds. The van der Waals surface area contributed by atoms with Crippen LogP contribution in [-0.4, -0.2) is 28.2 Å². The Morgan fingerprint density at radius 1 is 1.17 bits per heavy atom. The van der Waals surface area contributed by atoms with E-state index in [1.165, 1.54) is 0 Å². The van der Waals surface area contributed by atoms with Crippen molar-refractivity contribution in [3.05, 3.63) is 23.5 Å². The van der Waals surface area contributed by atoms with Crippen molar-refractivity contribution in [3.8, 4) is 0 Å². The van der Waals surface area contributed by atoms with E-state index in [-0.39, 0.29) is 0 Å². The quantitative estimate of drug-likeness (QED) is 0.397. The average Bonchev–Trinajstić information content (AvgIpc) is 2.30. The summed E-state index contributed by atoms with van der Waals surface area (Å²) < 4.78 is 23.0. The van der Waals surface area contributed by atoms with Crippen molar-refractivity contribution in [3.63, 3.8) is 0 Å². The molecule has 23 heavy (non-hydrogen) atoms. The molecule has 0 N–H and O–H groups in total. The second kappa shape index (κ2) is 6.72. The lowest BCUT2D eigenvalue weighted by Crippen LogP contribution is -2.44. The number of carbonyl (C=O) groups excluding carboxylic acids is 1. The molecule has 0 fully saturated rings. The van der Waals surface area contributed by atoms with E-state index in [0.717, 1.165) is 5.76 Å². The van der Waals surface area contributed by atoms with Crippen LogP contribution in [0.4, 0.5) is 0 Å². The highest BCUT2D eigenvalue weighted by Gasteiger charge is 2.43. The first-order valence-electron chi connectivity index (χ1n) is 7.89. The van der Waals surface area contributed by atoms with Crippen molar-refractivity contribution in [1.82, 2.24) is 0 Å². The van der Waals surface area contributed by atoms with E-state index in [1.54, 1.807) is 13.8 Å². The van der Waals surface area contributed by atoms with E-state index in [0.29, 0.717) is 18.1 Å². The molecule has 1 unspecified atom stereocenters. The Morgan fingerprint density at radius 2 is 1.74 bits per heavy atom. The summed E-state index contributed by atoms with van der Waals surface area (Å²) in [4.78, 5) is 12.2. The summed E-state index contributed by atoms with van der Waals surface area (Å²) in [6.45, 7) is 17.8. The second-order valence-corrected chi connectivity index (χ2v) is 16.9. The van der Waals surface area contributed by atoms with Crippen LogP contribution in [0.1, 0.15) is 27.2 Å². The van der Waals surface area contributed by atoms with Gasteiger partial charge in [-0.3, -0.25) is 0 Å². The van der Waals surface area contributed by atoms with E-state index in [9.17, 15) is 4.79 Å². The lowest BCUT2D eigenvalue weighted by Gasteiger charge is -2.35. The number of hydrogen-bond acceptors (Lipinski definition) is 5. The van der Waals surface area contributed by atoms with Crippen LogP contribution in [0.25, 0.3) is 0 Å². The van der Waals surface area contributed by atoms with Crippen molar-refractivity contribution >= 4 is 22.6 Å². The molecule has 0 saturated carbocycles. The van der Waals surface area contributed by atoms with Gasteiger partial charge < -0.3 is 18.3 Å². The minimum Gasteiger partial charge on any atom is -0.548 e. The lowest BCUT2D eigenvalue weighted by atomic mass is 10.0. The fourth-order valence-electron chi connectivity index (χ4n) is 1.97. The van der Waals surface area contributed by atoms with Crippen LogP contribution in [0.15, 0.2) is 23.5 Å². The van der Waals surface area contributed by atoms with Gasteiger partial charge in [-0.25, -0.2) is 4.79 Å². The van der Waals surface area contributed by atoms with Crippen molar-refractivity contribution in [2.75, 3.05) is 0 Å². The van der Waals surface area contributed by atoms with Crippen LogP contribution in [0.5, 0.6) is 0 Å². The molecule has 1 aliphatic heterocycles. The number of esters is 1. The van der Waals surface area contributed by atoms with Gasteiger partial charge >= 0.3 is 11.9 Å². The van der Waals surface area contributed by atoms with Crippen molar-refractivity contribution in [2.45, 2.75) is 72.1 Å². The molecule has 0 saturated heterocycles. The first-order chi connectivity index (χ1) is 10.2. The maximum Gasteiger partial charge on any atom is 0.355 e. The summed E-state index contributed by atoms with van der Waals surface area (Å²) in [5.41, 5.74) is -1.10. The molecule has 1 heterocycles. The maximum absolute atomic E-state index is 12.2. The Morgan fingerprint density at radius 3 is 2.22 bits per heavy atom. The molecule has 0 radical (unpaired) electrons. The standard InChI is InChI=1S/C16H30O5Si2/c1-12(20-22(4,5)6)10-11-16(3)15(17)18-13(2)14(19-16)21-23(7,8)9/h10H,11H2,1-9H3/b12-10+. The summed E-state index contributed by atoms with van der Waals surface area (Å²) in [7, 11) is -3.51. The Bertz CT molecular complexity index is 526. The van der Waals surface area contributed by atoms with Gasteiger partial charge in [0.25, 0.3) is 0 Å². The number of allylic oxidation sites excluding steroid dienone is 2. The molecule has 5 nitrogen and oxygen atoms in total. The highest BCUT2D eigenvalue weighted by Crippen LogP contribution is 2.32. The fourth-order valence-corrected chi connectivity index (χ4v) is 3.76. The van der Waals surface area contributed by atoms with Gasteiger partial charge in [-0.05, 0) is 59.2 Å². The van der Waals surface area contributed by atoms with Gasteiger partial charge in [-0.15, -0.1) is 0 Å². The largest absolute Gasteiger partial charge is 0.548 e. The number of cyclic esters (lactones) is 1. The molecule has 0 bridgehead atoms. The van der Waals surface area contributed by atoms with Crippen LogP contribution in [0.2, 0.25) is 39.3 Å². The first-order valence-corrected chi connectivity index (χ1v) is 14.7. The van der Waals surface area contributed by atoms with Crippen LogP contribution >= 0.6 is 0 Å². The SMILES string of the molecule is CC1=C(O[Si](C)(C)C)OC(C)(C/C=C(\C)O[Si](C)(C)C)C(=O)O1. The number of ether oxygens (including phenoxy) is 2. The first kappa shape index (κ1) is 19.8. The van der Waals surface area contributed by atoms with Crippen LogP contribution in [0, 0.1) is 0 Å². The molecule has 0 spiro atoms. The van der Waals surface area contributed by atoms with Gasteiger partial charge in [0.1, 0.15) is 0 Å². The predicted octanol–water partition coefficient (Wildman–Crippen LogP) is 4.50. The van der Waals surface area contributed by atoms with E-state index in [4.69, 9.17) is 18.3 Å². The molecule has 1 atom stereocenters. The second-order valence-electron chi connectivity index (χ2n) is 8.01. The minimum absolute atomic E-state index is 0.323. The summed E-state index contributed by atoms with van der Waals surface area (Å²) >= 11 is 0. The molecule has 7 heteroatoms. The highest BCUT2D eigenvalue weighted by molar-refractivity contribution is 6.70. The van der Waals surface area contributed by atoms with Gasteiger partial charge in [0, 0.05) is 13.3 Å². The van der Waals surface area contributed by atoms with E-state index >= 15 is 0 Å². The number of rotatable bonds is 6. The van der Waals surface area contributed by atoms with Gasteiger partial charge in [-0.2, -0.15) is 0 Å². The number of carbonyl (C=O) groups is 1. The molecule has 1 rings (SSSR count). The lowest BCUT2D eigenvalue weighted by molar-refractivity contribution is -0.175. The molecule has 1 aliphatic rings. The van der Waals surface area contributed by atoms with Gasteiger partial charge in [0.05, 0.1) is 5.76 Å². The van der Waals surface area contributed by atoms with Gasteiger partial charge in [0.2, 0.25) is 22.2 Å². The molecular formula is C16H30O5Si2. The third-order valence-electron chi connectivity index (χ3n) is 2.93. The van der Waals surface area contributed by atoms with Gasteiger partial charge in [0.15, 0.2) is 5.76 Å². The molecule has 0 aromatic rings. The average molecular weight is 359 g/mol. The zero-order chi connectivity index (χ0) is 18.1. The van der Waals surface area contributed by atoms with Crippen LogP contribution in [-0.2, 0) is 23.1 Å². The zero-order valence-corrected chi connectivity index (χ0v) is 17.8. The fraction of sp³-hybridized carbons (Fsp3) is 0.688. The summed E-state index contributed by atoms with van der Waals surface area (Å²) in [5.74, 6) is 1.10. The molecular weight excluding hydrogens is 328 g/mol. The van der Waals surface area contributed by atoms with Crippen molar-refractivity contribution in [2.24, 2.45) is 0 Å². The highest BCUT2D eigenvalue weighted by atomic mass is 28.4. The van der Waals surface area contributed by atoms with Crippen LogP contribution < -0.4 is 0 Å². The van der Waals surface area contributed by atoms with Crippen molar-refractivity contribution in [1.29, 1.82) is 0 Å². The van der Waals surface area contributed by atoms with Crippen molar-refractivity contribution < 1.29 is 23.1 Å². The van der Waals surface area contributed by atoms with Crippen LogP contribution in [0.3, 0.4) is 0 Å². The summed E-state index contributed by atoms with van der Waals surface area (Å²) in [5, 5.41) is 0. The Balaban J connectivity index is 2.89. The topological polar surface area (TPSA) is 54.0 Å². The summed E-state index contributed by atoms with van der Waals surface area (Å²) in [6.07, 6.45) is 2.25. The third kappa shape index (κ3) is 6.43. The van der Waals surface area contributed by atoms with Gasteiger partial charge in [-0.1, -0.05) is 0 Å². The Hall–Kier alpha value is -1.22. The van der Waals surface area contributed by atoms with E-state index in [2.05, 4.69) is 39.3 Å². The predicted molar refractivity (Wildman–Crippen MR) is 95.5 cm³/mol. The molecule has 0 aromatic carbocycles. The normalized spacial score (nSPS) is 23.3. The maximum atomic E-state index is 12.2. The molecule has 0 aromatic heterocycles. The number of hydrogen-bond donors (Lipinski definition) is 0. The Labute approximate surface area is 141 Å². The monoisotopic (exact) mass is 358 g/mol. The smallest absolute Gasteiger partial charge is 0.355 e. The van der Waals surface area contributed by atoms with E-state index < -0.39 is 28.2 Å². The third-order valence-corrected chi connectivity index (χ3v) is 4.66. The molecule has 132 valence electrons. The minimum atomic E-state index is -1.86. The Kier molecular flexibility index (Phi) is 5.80. The zero-order valence-electron chi connectivity index (χ0n) is 15.8. The summed E-state index contributed by atoms with van der Waals surface area (Å²) in [6, 6.07) is 0.